The van der Waals surface area contributed by atoms with Crippen LogP contribution in [0.1, 0.15) is 15.9 Å². The summed E-state index contributed by atoms with van der Waals surface area (Å²) in [6.45, 7) is 0. The average Bonchev–Trinajstić information content (AvgIpc) is 2.15. The molecule has 1 aromatic carbocycles. The topological polar surface area (TPSA) is 26.3 Å². The normalized spacial score (nSPS) is 9.00. The van der Waals surface area contributed by atoms with Crippen molar-refractivity contribution in [1.29, 1.82) is 0 Å². The molecule has 0 aliphatic rings. The number of carbonyl (C=O) groups excluding carboxylic acids is 1. The number of ether oxygens (including phenoxy) is 1. The predicted molar refractivity (Wildman–Crippen MR) is 45.7 cm³/mol. The van der Waals surface area contributed by atoms with E-state index in [2.05, 4.69) is 10.7 Å². The van der Waals surface area contributed by atoms with Gasteiger partial charge < -0.3 is 4.74 Å². The Hall–Kier alpha value is -1.82. The third-order valence-corrected chi connectivity index (χ3v) is 1.49. The fourth-order valence-electron chi connectivity index (χ4n) is 0.909. The monoisotopic (exact) mass is 178 g/mol. The predicted octanol–water partition coefficient (Wildman–Crippen LogP) is 1.59. The van der Waals surface area contributed by atoms with Gasteiger partial charge in [0.15, 0.2) is 0 Å². The molecule has 0 aromatic heterocycles. The van der Waals surface area contributed by atoms with E-state index in [9.17, 15) is 9.18 Å². The highest BCUT2D eigenvalue weighted by Crippen LogP contribution is 2.09. The summed E-state index contributed by atoms with van der Waals surface area (Å²) >= 11 is 0. The van der Waals surface area contributed by atoms with Gasteiger partial charge in [-0.15, -0.1) is 6.42 Å². The van der Waals surface area contributed by atoms with Crippen LogP contribution in [0.2, 0.25) is 0 Å². The molecule has 0 atom stereocenters. The van der Waals surface area contributed by atoms with E-state index in [1.54, 1.807) is 0 Å². The van der Waals surface area contributed by atoms with E-state index >= 15 is 0 Å². The summed E-state index contributed by atoms with van der Waals surface area (Å²) in [7, 11) is 1.22. The highest BCUT2D eigenvalue weighted by Gasteiger charge is 2.07. The van der Waals surface area contributed by atoms with Gasteiger partial charge in [0.25, 0.3) is 0 Å². The molecule has 13 heavy (non-hydrogen) atoms. The molecule has 0 heterocycles. The van der Waals surface area contributed by atoms with Crippen molar-refractivity contribution in [3.05, 3.63) is 35.1 Å². The van der Waals surface area contributed by atoms with E-state index < -0.39 is 11.8 Å². The molecule has 0 saturated heterocycles. The van der Waals surface area contributed by atoms with E-state index in [1.165, 1.54) is 19.2 Å². The molecule has 0 saturated carbocycles. The summed E-state index contributed by atoms with van der Waals surface area (Å²) in [6, 6.07) is 3.65. The fourth-order valence-corrected chi connectivity index (χ4v) is 0.909. The van der Waals surface area contributed by atoms with E-state index in [0.29, 0.717) is 5.56 Å². The maximum Gasteiger partial charge on any atom is 0.337 e. The Kier molecular flexibility index (Phi) is 2.65. The number of terminal acetylenes is 1. The van der Waals surface area contributed by atoms with Crippen molar-refractivity contribution in [2.24, 2.45) is 0 Å². The number of esters is 1. The number of benzene rings is 1. The summed E-state index contributed by atoms with van der Waals surface area (Å²) in [4.78, 5) is 11.0. The van der Waals surface area contributed by atoms with Crippen LogP contribution in [0.5, 0.6) is 0 Å². The Balaban J connectivity index is 3.17. The fraction of sp³-hybridized carbons (Fsp3) is 0.100. The molecule has 66 valence electrons. The lowest BCUT2D eigenvalue weighted by Gasteiger charge is -1.99. The first-order chi connectivity index (χ1) is 6.17. The summed E-state index contributed by atoms with van der Waals surface area (Å²) in [5.41, 5.74) is 0.441. The number of hydrogen-bond acceptors (Lipinski definition) is 2. The second-order valence-electron chi connectivity index (χ2n) is 2.36. The van der Waals surface area contributed by atoms with Crippen molar-refractivity contribution in [2.45, 2.75) is 0 Å². The van der Waals surface area contributed by atoms with Crippen molar-refractivity contribution >= 4 is 5.97 Å². The van der Waals surface area contributed by atoms with Crippen molar-refractivity contribution in [1.82, 2.24) is 0 Å². The standard InChI is InChI=1S/C10H7FO2/c1-3-7-4-8(10(12)13-2)6-9(11)5-7/h1,4-6H,2H3. The minimum atomic E-state index is -0.601. The minimum Gasteiger partial charge on any atom is -0.465 e. The summed E-state index contributed by atoms with van der Waals surface area (Å²) < 4.78 is 17.2. The highest BCUT2D eigenvalue weighted by molar-refractivity contribution is 5.89. The lowest BCUT2D eigenvalue weighted by molar-refractivity contribution is 0.0600. The third-order valence-electron chi connectivity index (χ3n) is 1.49. The minimum absolute atomic E-state index is 0.121. The zero-order valence-electron chi connectivity index (χ0n) is 7.00. The SMILES string of the molecule is C#Cc1cc(F)cc(C(=O)OC)c1. The molecular weight excluding hydrogens is 171 g/mol. The van der Waals surface area contributed by atoms with Gasteiger partial charge in [-0.1, -0.05) is 5.92 Å². The average molecular weight is 178 g/mol. The van der Waals surface area contributed by atoms with Crippen LogP contribution in [-0.4, -0.2) is 13.1 Å². The van der Waals surface area contributed by atoms with Crippen LogP contribution in [0.3, 0.4) is 0 Å². The molecule has 0 unspecified atom stereocenters. The Bertz CT molecular complexity index is 377. The molecule has 0 N–H and O–H groups in total. The Morgan fingerprint density at radius 1 is 1.54 bits per heavy atom. The van der Waals surface area contributed by atoms with Crippen LogP contribution in [0, 0.1) is 18.2 Å². The maximum atomic E-state index is 12.8. The van der Waals surface area contributed by atoms with Crippen LogP contribution in [0.15, 0.2) is 18.2 Å². The number of rotatable bonds is 1. The van der Waals surface area contributed by atoms with Crippen LogP contribution < -0.4 is 0 Å². The lowest BCUT2D eigenvalue weighted by Crippen LogP contribution is -2.02. The van der Waals surface area contributed by atoms with Gasteiger partial charge in [-0.25, -0.2) is 9.18 Å². The van der Waals surface area contributed by atoms with Crippen molar-refractivity contribution in [3.8, 4) is 12.3 Å². The second-order valence-corrected chi connectivity index (χ2v) is 2.36. The molecule has 0 aliphatic carbocycles. The van der Waals surface area contributed by atoms with Crippen LogP contribution in [-0.2, 0) is 4.74 Å². The largest absolute Gasteiger partial charge is 0.465 e. The molecule has 0 aliphatic heterocycles. The smallest absolute Gasteiger partial charge is 0.337 e. The van der Waals surface area contributed by atoms with Gasteiger partial charge in [-0.2, -0.15) is 0 Å². The lowest BCUT2D eigenvalue weighted by atomic mass is 10.1. The number of hydrogen-bond donors (Lipinski definition) is 0. The van der Waals surface area contributed by atoms with E-state index in [4.69, 9.17) is 6.42 Å². The van der Waals surface area contributed by atoms with Gasteiger partial charge in [-0.3, -0.25) is 0 Å². The highest BCUT2D eigenvalue weighted by atomic mass is 19.1. The van der Waals surface area contributed by atoms with Gasteiger partial charge in [0.2, 0.25) is 0 Å². The second kappa shape index (κ2) is 3.72. The zero-order chi connectivity index (χ0) is 9.84. The number of methoxy groups -OCH3 is 1. The van der Waals surface area contributed by atoms with Crippen molar-refractivity contribution in [3.63, 3.8) is 0 Å². The van der Waals surface area contributed by atoms with E-state index in [0.717, 1.165) is 6.07 Å². The molecular formula is C10H7FO2. The third kappa shape index (κ3) is 2.06. The van der Waals surface area contributed by atoms with E-state index in [-0.39, 0.29) is 5.56 Å². The molecule has 0 spiro atoms. The molecule has 2 nitrogen and oxygen atoms in total. The van der Waals surface area contributed by atoms with Crippen molar-refractivity contribution < 1.29 is 13.9 Å². The summed E-state index contributed by atoms with van der Waals surface area (Å²) in [5, 5.41) is 0. The van der Waals surface area contributed by atoms with Gasteiger partial charge >= 0.3 is 5.97 Å². The molecule has 1 aromatic rings. The summed E-state index contributed by atoms with van der Waals surface area (Å²) in [6.07, 6.45) is 5.06. The van der Waals surface area contributed by atoms with Crippen molar-refractivity contribution in [2.75, 3.05) is 7.11 Å². The molecule has 0 radical (unpaired) electrons. The van der Waals surface area contributed by atoms with Crippen LogP contribution >= 0.6 is 0 Å². The molecule has 0 amide bonds. The molecule has 0 bridgehead atoms. The molecule has 1 rings (SSSR count). The Labute approximate surface area is 75.3 Å². The Morgan fingerprint density at radius 2 is 2.23 bits per heavy atom. The van der Waals surface area contributed by atoms with Gasteiger partial charge in [-0.05, 0) is 18.2 Å². The van der Waals surface area contributed by atoms with Gasteiger partial charge in [0.1, 0.15) is 5.82 Å². The first-order valence-corrected chi connectivity index (χ1v) is 3.53. The number of carbonyl (C=O) groups is 1. The number of halogens is 1. The Morgan fingerprint density at radius 3 is 2.77 bits per heavy atom. The van der Waals surface area contributed by atoms with Crippen LogP contribution in [0.4, 0.5) is 4.39 Å². The van der Waals surface area contributed by atoms with Crippen LogP contribution in [0.25, 0.3) is 0 Å². The summed E-state index contributed by atoms with van der Waals surface area (Å²) in [5.74, 6) is 1.09. The molecule has 0 fully saturated rings. The van der Waals surface area contributed by atoms with Gasteiger partial charge in [0.05, 0.1) is 12.7 Å². The first-order valence-electron chi connectivity index (χ1n) is 3.53. The quantitative estimate of drug-likeness (QED) is 0.482. The first kappa shape index (κ1) is 9.27. The van der Waals surface area contributed by atoms with E-state index in [1.807, 2.05) is 0 Å². The zero-order valence-corrected chi connectivity index (χ0v) is 7.00. The maximum absolute atomic E-state index is 12.8. The van der Waals surface area contributed by atoms with Gasteiger partial charge in [0, 0.05) is 5.56 Å². The molecule has 3 heteroatoms.